The lowest BCUT2D eigenvalue weighted by Crippen LogP contribution is -2.27. The monoisotopic (exact) mass is 288 g/mol. The molecule has 1 atom stereocenters. The first-order chi connectivity index (χ1) is 10.2. The van der Waals surface area contributed by atoms with E-state index in [0.717, 1.165) is 29.9 Å². The van der Waals surface area contributed by atoms with Crippen LogP contribution in [0.25, 0.3) is 11.0 Å². The highest BCUT2D eigenvalue weighted by Gasteiger charge is 2.18. The fourth-order valence-corrected chi connectivity index (χ4v) is 3.27. The van der Waals surface area contributed by atoms with E-state index < -0.39 is 0 Å². The SMILES string of the molecule is COc1cccc2c1nc(N)n2CC(C)CN1CCCC1. The number of ether oxygens (including phenoxy) is 1. The largest absolute Gasteiger partial charge is 0.494 e. The molecule has 5 heteroatoms. The van der Waals surface area contributed by atoms with Gasteiger partial charge in [0, 0.05) is 13.1 Å². The predicted octanol–water partition coefficient (Wildman–Crippen LogP) is 2.36. The summed E-state index contributed by atoms with van der Waals surface area (Å²) in [5, 5.41) is 0. The molecule has 114 valence electrons. The van der Waals surface area contributed by atoms with Crippen LogP contribution in [-0.2, 0) is 6.54 Å². The Balaban J connectivity index is 1.81. The van der Waals surface area contributed by atoms with Crippen molar-refractivity contribution in [3.05, 3.63) is 18.2 Å². The average Bonchev–Trinajstić information content (AvgIpc) is 3.07. The summed E-state index contributed by atoms with van der Waals surface area (Å²) in [6.45, 7) is 6.77. The second-order valence-electron chi connectivity index (χ2n) is 6.02. The standard InChI is InChI=1S/C16H24N4O/c1-12(10-19-8-3-4-9-19)11-20-13-6-5-7-14(21-2)15(13)18-16(20)17/h5-7,12H,3-4,8-11H2,1-2H3,(H2,17,18). The highest BCUT2D eigenvalue weighted by molar-refractivity contribution is 5.84. The Hall–Kier alpha value is -1.75. The molecule has 3 rings (SSSR count). The van der Waals surface area contributed by atoms with Crippen LogP contribution >= 0.6 is 0 Å². The number of methoxy groups -OCH3 is 1. The van der Waals surface area contributed by atoms with Gasteiger partial charge in [-0.15, -0.1) is 0 Å². The number of hydrogen-bond acceptors (Lipinski definition) is 4. The van der Waals surface area contributed by atoms with E-state index in [2.05, 4.69) is 27.4 Å². The molecule has 1 fully saturated rings. The smallest absolute Gasteiger partial charge is 0.201 e. The van der Waals surface area contributed by atoms with E-state index in [1.165, 1.54) is 25.9 Å². The van der Waals surface area contributed by atoms with Crippen LogP contribution in [0.5, 0.6) is 5.75 Å². The number of fused-ring (bicyclic) bond motifs is 1. The maximum Gasteiger partial charge on any atom is 0.201 e. The maximum absolute atomic E-state index is 6.12. The topological polar surface area (TPSA) is 56.3 Å². The number of hydrogen-bond donors (Lipinski definition) is 1. The second kappa shape index (κ2) is 5.93. The van der Waals surface area contributed by atoms with Crippen LogP contribution in [0.1, 0.15) is 19.8 Å². The summed E-state index contributed by atoms with van der Waals surface area (Å²) < 4.78 is 7.48. The molecule has 1 aromatic carbocycles. The number of aromatic nitrogens is 2. The Morgan fingerprint density at radius 3 is 2.76 bits per heavy atom. The summed E-state index contributed by atoms with van der Waals surface area (Å²) in [7, 11) is 1.67. The number of imidazole rings is 1. The first-order valence-electron chi connectivity index (χ1n) is 7.70. The number of benzene rings is 1. The summed E-state index contributed by atoms with van der Waals surface area (Å²) in [4.78, 5) is 7.01. The molecule has 1 aliphatic heterocycles. The quantitative estimate of drug-likeness (QED) is 0.917. The van der Waals surface area contributed by atoms with Crippen LogP contribution in [-0.4, -0.2) is 41.2 Å². The lowest BCUT2D eigenvalue weighted by Gasteiger charge is -2.21. The first-order valence-corrected chi connectivity index (χ1v) is 7.70. The highest BCUT2D eigenvalue weighted by Crippen LogP contribution is 2.27. The van der Waals surface area contributed by atoms with Gasteiger partial charge in [-0.25, -0.2) is 4.98 Å². The zero-order chi connectivity index (χ0) is 14.8. The molecular formula is C16H24N4O. The molecule has 5 nitrogen and oxygen atoms in total. The third-order valence-electron chi connectivity index (χ3n) is 4.25. The van der Waals surface area contributed by atoms with Gasteiger partial charge >= 0.3 is 0 Å². The number of rotatable bonds is 5. The van der Waals surface area contributed by atoms with E-state index in [9.17, 15) is 0 Å². The fourth-order valence-electron chi connectivity index (χ4n) is 3.27. The molecule has 1 aliphatic rings. The van der Waals surface area contributed by atoms with Crippen molar-refractivity contribution in [1.82, 2.24) is 14.5 Å². The van der Waals surface area contributed by atoms with Crippen molar-refractivity contribution in [2.45, 2.75) is 26.3 Å². The number of para-hydroxylation sites is 1. The first kappa shape index (κ1) is 14.2. The van der Waals surface area contributed by atoms with Crippen molar-refractivity contribution in [2.24, 2.45) is 5.92 Å². The molecule has 0 radical (unpaired) electrons. The third kappa shape index (κ3) is 2.83. The van der Waals surface area contributed by atoms with Gasteiger partial charge in [0.2, 0.25) is 5.95 Å². The van der Waals surface area contributed by atoms with Gasteiger partial charge < -0.3 is 19.9 Å². The van der Waals surface area contributed by atoms with Gasteiger partial charge in [-0.3, -0.25) is 0 Å². The van der Waals surface area contributed by atoms with Crippen LogP contribution in [0.3, 0.4) is 0 Å². The molecule has 2 aromatic rings. The van der Waals surface area contributed by atoms with Crippen molar-refractivity contribution >= 4 is 17.0 Å². The highest BCUT2D eigenvalue weighted by atomic mass is 16.5. The molecule has 0 aliphatic carbocycles. The molecule has 0 spiro atoms. The normalized spacial score (nSPS) is 17.4. The predicted molar refractivity (Wildman–Crippen MR) is 85.5 cm³/mol. The van der Waals surface area contributed by atoms with Gasteiger partial charge in [-0.1, -0.05) is 13.0 Å². The Labute approximate surface area is 125 Å². The van der Waals surface area contributed by atoms with E-state index in [4.69, 9.17) is 10.5 Å². The van der Waals surface area contributed by atoms with E-state index in [1.54, 1.807) is 7.11 Å². The molecule has 0 amide bonds. The molecule has 21 heavy (non-hydrogen) atoms. The molecule has 0 bridgehead atoms. The third-order valence-corrected chi connectivity index (χ3v) is 4.25. The van der Waals surface area contributed by atoms with Crippen molar-refractivity contribution in [1.29, 1.82) is 0 Å². The van der Waals surface area contributed by atoms with Crippen LogP contribution < -0.4 is 10.5 Å². The van der Waals surface area contributed by atoms with Crippen LogP contribution in [0, 0.1) is 5.92 Å². The Morgan fingerprint density at radius 1 is 1.29 bits per heavy atom. The van der Waals surface area contributed by atoms with E-state index in [0.29, 0.717) is 11.9 Å². The molecular weight excluding hydrogens is 264 g/mol. The van der Waals surface area contributed by atoms with Gasteiger partial charge in [0.15, 0.2) is 0 Å². The van der Waals surface area contributed by atoms with Crippen molar-refractivity contribution in [2.75, 3.05) is 32.5 Å². The number of nitrogens with zero attached hydrogens (tertiary/aromatic N) is 3. The average molecular weight is 288 g/mol. The van der Waals surface area contributed by atoms with Gasteiger partial charge in [-0.2, -0.15) is 0 Å². The molecule has 2 heterocycles. The molecule has 0 saturated carbocycles. The number of nitrogens with two attached hydrogens (primary N) is 1. The summed E-state index contributed by atoms with van der Waals surface area (Å²) >= 11 is 0. The summed E-state index contributed by atoms with van der Waals surface area (Å²) in [5.74, 6) is 1.90. The summed E-state index contributed by atoms with van der Waals surface area (Å²) in [5.41, 5.74) is 8.02. The Kier molecular flexibility index (Phi) is 4.01. The minimum atomic E-state index is 0.550. The van der Waals surface area contributed by atoms with Gasteiger partial charge in [0.25, 0.3) is 0 Å². The van der Waals surface area contributed by atoms with Crippen molar-refractivity contribution in [3.8, 4) is 5.75 Å². The summed E-state index contributed by atoms with van der Waals surface area (Å²) in [6.07, 6.45) is 2.67. The number of anilines is 1. The Morgan fingerprint density at radius 2 is 2.05 bits per heavy atom. The van der Waals surface area contributed by atoms with Crippen LogP contribution in [0.4, 0.5) is 5.95 Å². The zero-order valence-electron chi connectivity index (χ0n) is 12.9. The minimum absolute atomic E-state index is 0.550. The van der Waals surface area contributed by atoms with Crippen molar-refractivity contribution in [3.63, 3.8) is 0 Å². The molecule has 1 unspecified atom stereocenters. The van der Waals surface area contributed by atoms with Gasteiger partial charge in [0.05, 0.1) is 12.6 Å². The van der Waals surface area contributed by atoms with Gasteiger partial charge in [-0.05, 0) is 44.0 Å². The fraction of sp³-hybridized carbons (Fsp3) is 0.562. The van der Waals surface area contributed by atoms with E-state index >= 15 is 0 Å². The molecule has 1 aromatic heterocycles. The minimum Gasteiger partial charge on any atom is -0.494 e. The number of likely N-dealkylation sites (tertiary alicyclic amines) is 1. The maximum atomic E-state index is 6.12. The van der Waals surface area contributed by atoms with Crippen molar-refractivity contribution < 1.29 is 4.74 Å². The zero-order valence-corrected chi connectivity index (χ0v) is 12.9. The molecule has 2 N–H and O–H groups in total. The van der Waals surface area contributed by atoms with Gasteiger partial charge in [0.1, 0.15) is 11.3 Å². The lowest BCUT2D eigenvalue weighted by molar-refractivity contribution is 0.273. The van der Waals surface area contributed by atoms with E-state index in [1.807, 2.05) is 12.1 Å². The Bertz CT molecular complexity index is 616. The van der Waals surface area contributed by atoms with Crippen LogP contribution in [0.15, 0.2) is 18.2 Å². The second-order valence-corrected chi connectivity index (χ2v) is 6.02. The molecule has 1 saturated heterocycles. The van der Waals surface area contributed by atoms with E-state index in [-0.39, 0.29) is 0 Å². The number of nitrogen functional groups attached to an aromatic ring is 1. The lowest BCUT2D eigenvalue weighted by atomic mass is 10.1. The van der Waals surface area contributed by atoms with Crippen LogP contribution in [0.2, 0.25) is 0 Å². The summed E-state index contributed by atoms with van der Waals surface area (Å²) in [6, 6.07) is 5.97.